The van der Waals surface area contributed by atoms with Crippen molar-refractivity contribution in [1.82, 2.24) is 0 Å². The van der Waals surface area contributed by atoms with Crippen LogP contribution < -0.4 is 14.5 Å². The van der Waals surface area contributed by atoms with E-state index < -0.39 is 0 Å². The van der Waals surface area contributed by atoms with Crippen molar-refractivity contribution in [3.8, 4) is 67.1 Å². The van der Waals surface area contributed by atoms with E-state index in [4.69, 9.17) is 4.74 Å². The van der Waals surface area contributed by atoms with Crippen LogP contribution in [0.5, 0.6) is 11.5 Å². The molecule has 0 unspecified atom stereocenters. The summed E-state index contributed by atoms with van der Waals surface area (Å²) in [4.78, 5) is 4.58. The van der Waals surface area contributed by atoms with Crippen LogP contribution in [0.2, 0.25) is 0 Å². The Bertz CT molecular complexity index is 3400. The Labute approximate surface area is 391 Å². The van der Waals surface area contributed by atoms with E-state index in [1.807, 2.05) is 0 Å². The first-order valence-corrected chi connectivity index (χ1v) is 22.8. The topological polar surface area (TPSA) is 15.7 Å². The van der Waals surface area contributed by atoms with Crippen LogP contribution in [-0.4, -0.2) is 0 Å². The smallest absolute Gasteiger partial charge is 0.143 e. The van der Waals surface area contributed by atoms with Gasteiger partial charge in [-0.15, -0.1) is 0 Å². The lowest BCUT2D eigenvalue weighted by Crippen LogP contribution is -2.09. The van der Waals surface area contributed by atoms with E-state index >= 15 is 0 Å². The van der Waals surface area contributed by atoms with E-state index in [0.717, 1.165) is 90.0 Å². The monoisotopic (exact) mass is 856 g/mol. The highest BCUT2D eigenvalue weighted by Gasteiger charge is 2.24. The molecular formula is C64H44N2O. The molecule has 11 aromatic rings. The molecular weight excluding hydrogens is 813 g/mol. The summed E-state index contributed by atoms with van der Waals surface area (Å²) in [6.45, 7) is 0. The van der Waals surface area contributed by atoms with Gasteiger partial charge >= 0.3 is 0 Å². The molecule has 0 spiro atoms. The zero-order valence-corrected chi connectivity index (χ0v) is 36.7. The molecule has 1 aliphatic rings. The number of benzene rings is 11. The van der Waals surface area contributed by atoms with Gasteiger partial charge in [0, 0.05) is 50.6 Å². The summed E-state index contributed by atoms with van der Waals surface area (Å²) >= 11 is 0. The van der Waals surface area contributed by atoms with Crippen molar-refractivity contribution >= 4 is 44.9 Å². The molecule has 0 bridgehead atoms. The standard InChI is InChI=1S/C64H44N2O/c1-5-15-53(16-6-1)65(54-17-7-2-8-18-54)57-38-32-47(33-39-57)45-24-26-49(27-25-45)52-37-43-60-61-23-13-14-51-36-42-59(64(63(51)61)67-62(60)44-52)50-30-28-46(29-31-50)48-34-40-58(41-35-48)66(55-19-9-3-10-20-55)56-21-11-4-12-22-56/h1-44H. The minimum absolute atomic E-state index is 0.864. The highest BCUT2D eigenvalue weighted by atomic mass is 16.5. The van der Waals surface area contributed by atoms with Crippen molar-refractivity contribution in [1.29, 1.82) is 0 Å². The number of nitrogens with zero attached hydrogens (tertiary/aromatic N) is 2. The highest BCUT2D eigenvalue weighted by Crippen LogP contribution is 2.51. The molecule has 0 aromatic heterocycles. The van der Waals surface area contributed by atoms with E-state index in [-0.39, 0.29) is 0 Å². The lowest BCUT2D eigenvalue weighted by atomic mass is 9.89. The number of ether oxygens (including phenoxy) is 1. The average molecular weight is 857 g/mol. The molecule has 0 radical (unpaired) electrons. The third-order valence-corrected chi connectivity index (χ3v) is 12.9. The summed E-state index contributed by atoms with van der Waals surface area (Å²) in [5.74, 6) is 1.76. The molecule has 0 fully saturated rings. The number of hydrogen-bond donors (Lipinski definition) is 0. The molecule has 67 heavy (non-hydrogen) atoms. The van der Waals surface area contributed by atoms with E-state index in [0.29, 0.717) is 0 Å². The maximum atomic E-state index is 7.00. The molecule has 3 heteroatoms. The largest absolute Gasteiger partial charge is 0.455 e. The van der Waals surface area contributed by atoms with Crippen LogP contribution in [0.25, 0.3) is 66.4 Å². The molecule has 0 N–H and O–H groups in total. The fourth-order valence-electron chi connectivity index (χ4n) is 9.53. The van der Waals surface area contributed by atoms with Gasteiger partial charge in [0.2, 0.25) is 0 Å². The number of fused-ring (bicyclic) bond motifs is 2. The van der Waals surface area contributed by atoms with E-state index in [2.05, 4.69) is 277 Å². The third kappa shape index (κ3) is 7.59. The van der Waals surface area contributed by atoms with Gasteiger partial charge < -0.3 is 14.5 Å². The van der Waals surface area contributed by atoms with Crippen LogP contribution in [-0.2, 0) is 0 Å². The first-order chi connectivity index (χ1) is 33.2. The van der Waals surface area contributed by atoms with Gasteiger partial charge in [-0.05, 0) is 141 Å². The van der Waals surface area contributed by atoms with Crippen molar-refractivity contribution < 1.29 is 4.74 Å². The second-order valence-electron chi connectivity index (χ2n) is 16.9. The van der Waals surface area contributed by atoms with Crippen LogP contribution in [0.4, 0.5) is 34.1 Å². The number of rotatable bonds is 10. The van der Waals surface area contributed by atoms with Gasteiger partial charge in [0.1, 0.15) is 11.5 Å². The summed E-state index contributed by atoms with van der Waals surface area (Å²) in [5.41, 5.74) is 18.1. The maximum absolute atomic E-state index is 7.00. The van der Waals surface area contributed by atoms with Crippen LogP contribution in [0.3, 0.4) is 0 Å². The van der Waals surface area contributed by atoms with Crippen molar-refractivity contribution in [2.75, 3.05) is 9.80 Å². The maximum Gasteiger partial charge on any atom is 0.143 e. The molecule has 1 aliphatic heterocycles. The minimum Gasteiger partial charge on any atom is -0.455 e. The van der Waals surface area contributed by atoms with Crippen LogP contribution in [0.15, 0.2) is 267 Å². The van der Waals surface area contributed by atoms with E-state index in [1.165, 1.54) is 22.1 Å². The van der Waals surface area contributed by atoms with Crippen molar-refractivity contribution in [3.63, 3.8) is 0 Å². The van der Waals surface area contributed by atoms with Gasteiger partial charge in [-0.25, -0.2) is 0 Å². The van der Waals surface area contributed by atoms with Gasteiger partial charge in [-0.1, -0.05) is 176 Å². The Morgan fingerprint density at radius 2 is 0.597 bits per heavy atom. The molecule has 1 heterocycles. The Hall–Kier alpha value is -8.92. The van der Waals surface area contributed by atoms with Gasteiger partial charge in [0.15, 0.2) is 0 Å². The third-order valence-electron chi connectivity index (χ3n) is 12.9. The predicted molar refractivity (Wildman–Crippen MR) is 281 cm³/mol. The van der Waals surface area contributed by atoms with E-state index in [1.54, 1.807) is 0 Å². The predicted octanol–water partition coefficient (Wildman–Crippen LogP) is 18.2. The number of para-hydroxylation sites is 4. The van der Waals surface area contributed by atoms with Gasteiger partial charge in [0.25, 0.3) is 0 Å². The fraction of sp³-hybridized carbons (Fsp3) is 0. The molecule has 3 nitrogen and oxygen atoms in total. The molecule has 0 atom stereocenters. The molecule has 12 rings (SSSR count). The van der Waals surface area contributed by atoms with Gasteiger partial charge in [-0.2, -0.15) is 0 Å². The Morgan fingerprint density at radius 1 is 0.239 bits per heavy atom. The first-order valence-electron chi connectivity index (χ1n) is 22.8. The number of anilines is 6. The van der Waals surface area contributed by atoms with E-state index in [9.17, 15) is 0 Å². The van der Waals surface area contributed by atoms with Crippen molar-refractivity contribution in [2.24, 2.45) is 0 Å². The fourth-order valence-corrected chi connectivity index (χ4v) is 9.53. The Kier molecular flexibility index (Phi) is 10.2. The minimum atomic E-state index is 0.864. The molecule has 0 saturated heterocycles. The van der Waals surface area contributed by atoms with Crippen molar-refractivity contribution in [3.05, 3.63) is 267 Å². The first kappa shape index (κ1) is 39.7. The average Bonchev–Trinajstić information content (AvgIpc) is 3.41. The Morgan fingerprint density at radius 3 is 1.04 bits per heavy atom. The molecule has 0 saturated carbocycles. The summed E-state index contributed by atoms with van der Waals surface area (Å²) in [6, 6.07) is 95.1. The SMILES string of the molecule is c1ccc(N(c2ccccc2)c2ccc(-c3ccc(-c4ccc5c(c4)Oc4c(-c6ccc(-c7ccc(N(c8ccccc8)c8ccccc8)cc7)cc6)ccc6cccc-5c46)cc3)cc2)cc1. The van der Waals surface area contributed by atoms with Crippen LogP contribution in [0.1, 0.15) is 0 Å². The second kappa shape index (κ2) is 17.2. The summed E-state index contributed by atoms with van der Waals surface area (Å²) in [7, 11) is 0. The van der Waals surface area contributed by atoms with Crippen LogP contribution >= 0.6 is 0 Å². The normalized spacial score (nSPS) is 11.4. The quantitative estimate of drug-likeness (QED) is 0.136. The Balaban J connectivity index is 0.806. The molecule has 316 valence electrons. The number of hydrogen-bond acceptors (Lipinski definition) is 3. The summed E-state index contributed by atoms with van der Waals surface area (Å²) in [5, 5.41) is 2.31. The van der Waals surface area contributed by atoms with Gasteiger partial charge in [-0.3, -0.25) is 0 Å². The highest BCUT2D eigenvalue weighted by molar-refractivity contribution is 6.08. The zero-order chi connectivity index (χ0) is 44.5. The van der Waals surface area contributed by atoms with Gasteiger partial charge in [0.05, 0.1) is 0 Å². The molecule has 11 aromatic carbocycles. The zero-order valence-electron chi connectivity index (χ0n) is 36.7. The lowest BCUT2D eigenvalue weighted by molar-refractivity contribution is 0.489. The summed E-state index contributed by atoms with van der Waals surface area (Å²) in [6.07, 6.45) is 0. The van der Waals surface area contributed by atoms with Crippen molar-refractivity contribution in [2.45, 2.75) is 0 Å². The summed E-state index contributed by atoms with van der Waals surface area (Å²) < 4.78 is 7.00. The second-order valence-corrected chi connectivity index (χ2v) is 16.9. The lowest BCUT2D eigenvalue weighted by Gasteiger charge is -2.25. The van der Waals surface area contributed by atoms with Crippen LogP contribution in [0, 0.1) is 0 Å². The molecule has 0 amide bonds. The molecule has 0 aliphatic carbocycles.